The molecule has 0 aromatic heterocycles. The second-order valence-electron chi connectivity index (χ2n) is 5.31. The lowest BCUT2D eigenvalue weighted by molar-refractivity contribution is 0.479. The first-order chi connectivity index (χ1) is 8.75. The van der Waals surface area contributed by atoms with Crippen LogP contribution in [0.15, 0.2) is 42.5 Å². The van der Waals surface area contributed by atoms with E-state index in [0.29, 0.717) is 0 Å². The Hall–Kier alpha value is -1.96. The summed E-state index contributed by atoms with van der Waals surface area (Å²) in [6, 6.07) is 14.8. The van der Waals surface area contributed by atoms with Gasteiger partial charge in [0.1, 0.15) is 11.5 Å². The summed E-state index contributed by atoms with van der Waals surface area (Å²) in [5.41, 5.74) is 3.86. The number of hydrogen-bond acceptors (Lipinski definition) is 2. The van der Waals surface area contributed by atoms with Gasteiger partial charge in [-0.3, -0.25) is 0 Å². The molecule has 7 rings (SSSR count). The van der Waals surface area contributed by atoms with E-state index in [1.165, 1.54) is 29.7 Å². The Balaban J connectivity index is 1.93. The van der Waals surface area contributed by atoms with Gasteiger partial charge in [0.2, 0.25) is 0 Å². The molecule has 4 aliphatic heterocycles. The molecule has 4 bridgehead atoms. The minimum atomic E-state index is 0.150. The lowest BCUT2D eigenvalue weighted by atomic mass is 10.0. The molecule has 2 nitrogen and oxygen atoms in total. The zero-order valence-electron chi connectivity index (χ0n) is 10.4. The molecule has 18 heavy (non-hydrogen) atoms. The van der Waals surface area contributed by atoms with E-state index in [4.69, 9.17) is 4.74 Å². The molecule has 90 valence electrons. The molecule has 2 aromatic carbocycles. The SMILES string of the molecule is Cc1cc2ccc1Oc1ccc(cc1)C1(CC1)N2. The maximum atomic E-state index is 5.91. The van der Waals surface area contributed by atoms with E-state index in [1.54, 1.807) is 0 Å². The molecule has 0 saturated heterocycles. The van der Waals surface area contributed by atoms with E-state index >= 15 is 0 Å². The lowest BCUT2D eigenvalue weighted by Crippen LogP contribution is -2.18. The highest BCUT2D eigenvalue weighted by molar-refractivity contribution is 5.57. The van der Waals surface area contributed by atoms with E-state index in [-0.39, 0.29) is 5.54 Å². The van der Waals surface area contributed by atoms with Crippen molar-refractivity contribution in [3.8, 4) is 11.5 Å². The van der Waals surface area contributed by atoms with Crippen LogP contribution in [0.5, 0.6) is 11.5 Å². The fourth-order valence-electron chi connectivity index (χ4n) is 2.70. The smallest absolute Gasteiger partial charge is 0.130 e. The second kappa shape index (κ2) is 3.29. The number of rotatable bonds is 0. The van der Waals surface area contributed by atoms with Crippen LogP contribution in [0.4, 0.5) is 5.69 Å². The van der Waals surface area contributed by atoms with Gasteiger partial charge in [-0.2, -0.15) is 0 Å². The van der Waals surface area contributed by atoms with Crippen LogP contribution in [0, 0.1) is 6.92 Å². The normalized spacial score (nSPS) is 18.1. The fraction of sp³-hybridized carbons (Fsp3) is 0.250. The van der Waals surface area contributed by atoms with Crippen molar-refractivity contribution in [2.24, 2.45) is 0 Å². The van der Waals surface area contributed by atoms with Gasteiger partial charge in [0.05, 0.1) is 5.54 Å². The van der Waals surface area contributed by atoms with Crippen molar-refractivity contribution in [2.75, 3.05) is 5.32 Å². The Labute approximate surface area is 107 Å². The molecule has 1 saturated carbocycles. The number of aryl methyl sites for hydroxylation is 1. The Morgan fingerprint density at radius 2 is 1.83 bits per heavy atom. The van der Waals surface area contributed by atoms with Crippen LogP contribution in [-0.4, -0.2) is 0 Å². The zero-order chi connectivity index (χ0) is 12.2. The molecule has 0 amide bonds. The average molecular weight is 237 g/mol. The zero-order valence-corrected chi connectivity index (χ0v) is 10.4. The molecule has 4 heterocycles. The highest BCUT2D eigenvalue weighted by Crippen LogP contribution is 2.49. The van der Waals surface area contributed by atoms with Crippen molar-refractivity contribution in [1.29, 1.82) is 0 Å². The highest BCUT2D eigenvalue weighted by atomic mass is 16.5. The summed E-state index contributed by atoms with van der Waals surface area (Å²) in [4.78, 5) is 0. The van der Waals surface area contributed by atoms with Gasteiger partial charge in [0.25, 0.3) is 0 Å². The van der Waals surface area contributed by atoms with Crippen molar-refractivity contribution in [1.82, 2.24) is 0 Å². The quantitative estimate of drug-likeness (QED) is 0.741. The monoisotopic (exact) mass is 237 g/mol. The molecule has 1 N–H and O–H groups in total. The molecule has 2 aromatic rings. The summed E-state index contributed by atoms with van der Waals surface area (Å²) in [5.74, 6) is 1.84. The van der Waals surface area contributed by atoms with Crippen molar-refractivity contribution >= 4 is 5.69 Å². The lowest BCUT2D eigenvalue weighted by Gasteiger charge is -2.19. The summed E-state index contributed by atoms with van der Waals surface area (Å²) in [6.07, 6.45) is 2.40. The van der Waals surface area contributed by atoms with Crippen LogP contribution in [0.2, 0.25) is 0 Å². The highest BCUT2D eigenvalue weighted by Gasteiger charge is 2.44. The van der Waals surface area contributed by atoms with Crippen molar-refractivity contribution in [2.45, 2.75) is 25.3 Å². The van der Waals surface area contributed by atoms with E-state index in [2.05, 4.69) is 48.6 Å². The van der Waals surface area contributed by atoms with Crippen LogP contribution >= 0.6 is 0 Å². The third-order valence-corrected chi connectivity index (χ3v) is 3.94. The summed E-state index contributed by atoms with van der Waals surface area (Å²) in [6.45, 7) is 2.09. The number of nitrogens with one attached hydrogen (secondary N) is 1. The Morgan fingerprint density at radius 1 is 1.06 bits per heavy atom. The predicted molar refractivity (Wildman–Crippen MR) is 72.2 cm³/mol. The Morgan fingerprint density at radius 3 is 2.50 bits per heavy atom. The van der Waals surface area contributed by atoms with Crippen LogP contribution in [0.1, 0.15) is 24.0 Å². The van der Waals surface area contributed by atoms with Gasteiger partial charge in [-0.05, 0) is 61.2 Å². The van der Waals surface area contributed by atoms with Crippen LogP contribution in [0.3, 0.4) is 0 Å². The number of benzene rings is 2. The Kier molecular flexibility index (Phi) is 1.83. The van der Waals surface area contributed by atoms with E-state index in [9.17, 15) is 0 Å². The van der Waals surface area contributed by atoms with E-state index in [1.807, 2.05) is 6.07 Å². The minimum absolute atomic E-state index is 0.150. The van der Waals surface area contributed by atoms with Crippen LogP contribution in [-0.2, 0) is 5.54 Å². The molecule has 1 spiro atoms. The summed E-state index contributed by atoms with van der Waals surface area (Å²) in [5, 5.41) is 3.68. The number of ether oxygens (including phenoxy) is 1. The minimum Gasteiger partial charge on any atom is -0.457 e. The van der Waals surface area contributed by atoms with Gasteiger partial charge in [-0.25, -0.2) is 0 Å². The predicted octanol–water partition coefficient (Wildman–Crippen LogP) is 4.20. The van der Waals surface area contributed by atoms with E-state index in [0.717, 1.165) is 11.5 Å². The average Bonchev–Trinajstić information content (AvgIpc) is 3.15. The molecular formula is C16H15NO. The van der Waals surface area contributed by atoms with Crippen molar-refractivity contribution in [3.63, 3.8) is 0 Å². The maximum absolute atomic E-state index is 5.91. The van der Waals surface area contributed by atoms with Gasteiger partial charge in [0, 0.05) is 5.69 Å². The molecule has 1 aliphatic carbocycles. The van der Waals surface area contributed by atoms with Gasteiger partial charge in [0.15, 0.2) is 0 Å². The standard InChI is InChI=1S/C16H15NO/c1-11-10-13-4-7-15(11)18-14-5-2-12(3-6-14)16(17-13)8-9-16/h2-7,10,17H,8-9H2,1H3. The summed E-state index contributed by atoms with van der Waals surface area (Å²) in [7, 11) is 0. The first kappa shape index (κ1) is 10.0. The van der Waals surface area contributed by atoms with Crippen molar-refractivity contribution in [3.05, 3.63) is 53.6 Å². The molecule has 1 fully saturated rings. The number of anilines is 1. The second-order valence-corrected chi connectivity index (χ2v) is 5.31. The maximum Gasteiger partial charge on any atom is 0.130 e. The first-order valence-electron chi connectivity index (χ1n) is 6.42. The van der Waals surface area contributed by atoms with Crippen LogP contribution in [0.25, 0.3) is 0 Å². The summed E-state index contributed by atoms with van der Waals surface area (Å²) < 4.78 is 5.91. The van der Waals surface area contributed by atoms with E-state index < -0.39 is 0 Å². The molecular weight excluding hydrogens is 222 g/mol. The first-order valence-corrected chi connectivity index (χ1v) is 6.42. The molecule has 2 heteroatoms. The topological polar surface area (TPSA) is 21.3 Å². The number of hydrogen-bond donors (Lipinski definition) is 1. The van der Waals surface area contributed by atoms with Gasteiger partial charge >= 0.3 is 0 Å². The Bertz CT molecular complexity index is 611. The third-order valence-electron chi connectivity index (χ3n) is 3.94. The molecule has 0 radical (unpaired) electrons. The molecule has 0 atom stereocenters. The van der Waals surface area contributed by atoms with Gasteiger partial charge in [-0.15, -0.1) is 0 Å². The third kappa shape index (κ3) is 1.42. The van der Waals surface area contributed by atoms with Gasteiger partial charge < -0.3 is 10.1 Å². The molecule has 0 unspecified atom stereocenters. The van der Waals surface area contributed by atoms with Gasteiger partial charge in [-0.1, -0.05) is 12.1 Å². The largest absolute Gasteiger partial charge is 0.457 e. The molecule has 5 aliphatic rings. The van der Waals surface area contributed by atoms with Crippen LogP contribution < -0.4 is 10.1 Å². The summed E-state index contributed by atoms with van der Waals surface area (Å²) >= 11 is 0. The van der Waals surface area contributed by atoms with Crippen molar-refractivity contribution < 1.29 is 4.74 Å². The fourth-order valence-corrected chi connectivity index (χ4v) is 2.70.